The second-order valence-electron chi connectivity index (χ2n) is 8.61. The molecule has 0 bridgehead atoms. The Morgan fingerprint density at radius 1 is 1.03 bits per heavy atom. The summed E-state index contributed by atoms with van der Waals surface area (Å²) >= 11 is 0. The molecule has 9 heteroatoms. The van der Waals surface area contributed by atoms with Crippen LogP contribution in [0.5, 0.6) is 5.75 Å². The van der Waals surface area contributed by atoms with E-state index in [2.05, 4.69) is 5.32 Å². The molecule has 1 saturated heterocycles. The number of ether oxygens (including phenoxy) is 1. The number of nitrogens with one attached hydrogen (secondary N) is 1. The number of amides is 3. The van der Waals surface area contributed by atoms with Gasteiger partial charge in [0, 0.05) is 25.2 Å². The maximum Gasteiger partial charge on any atom is 0.416 e. The van der Waals surface area contributed by atoms with Crippen molar-refractivity contribution in [3.05, 3.63) is 89.0 Å². The summed E-state index contributed by atoms with van der Waals surface area (Å²) in [4.78, 5) is 29.6. The van der Waals surface area contributed by atoms with Gasteiger partial charge in [0.1, 0.15) is 5.75 Å². The lowest BCUT2D eigenvalue weighted by Gasteiger charge is -2.36. The molecular weight excluding hydrogens is 471 g/mol. The van der Waals surface area contributed by atoms with Gasteiger partial charge in [-0.3, -0.25) is 9.69 Å². The van der Waals surface area contributed by atoms with Crippen LogP contribution in [0, 0.1) is 6.92 Å². The van der Waals surface area contributed by atoms with E-state index in [0.717, 1.165) is 41.8 Å². The van der Waals surface area contributed by atoms with Crippen LogP contribution < -0.4 is 15.0 Å². The number of anilines is 2. The molecular formula is C27H26F3N3O3. The summed E-state index contributed by atoms with van der Waals surface area (Å²) in [7, 11) is 1.59. The molecule has 0 aliphatic carbocycles. The molecule has 0 spiro atoms. The minimum atomic E-state index is -4.48. The lowest BCUT2D eigenvalue weighted by Crippen LogP contribution is -2.49. The Morgan fingerprint density at radius 3 is 2.47 bits per heavy atom. The Kier molecular flexibility index (Phi) is 7.19. The van der Waals surface area contributed by atoms with E-state index in [1.54, 1.807) is 29.0 Å². The van der Waals surface area contributed by atoms with Crippen LogP contribution in [-0.4, -0.2) is 37.0 Å². The van der Waals surface area contributed by atoms with Crippen LogP contribution in [0.25, 0.3) is 0 Å². The predicted octanol–water partition coefficient (Wildman–Crippen LogP) is 6.11. The number of benzene rings is 3. The molecule has 1 heterocycles. The molecule has 3 aromatic carbocycles. The number of halogens is 3. The number of methoxy groups -OCH3 is 1. The molecule has 1 aliphatic heterocycles. The van der Waals surface area contributed by atoms with E-state index in [9.17, 15) is 22.8 Å². The van der Waals surface area contributed by atoms with Crippen molar-refractivity contribution in [3.8, 4) is 5.75 Å². The fourth-order valence-corrected chi connectivity index (χ4v) is 4.13. The first kappa shape index (κ1) is 25.1. The second-order valence-corrected chi connectivity index (χ2v) is 8.61. The van der Waals surface area contributed by atoms with Crippen molar-refractivity contribution >= 4 is 23.3 Å². The molecule has 0 atom stereocenters. The number of hydrogen-bond acceptors (Lipinski definition) is 3. The number of rotatable bonds is 6. The first-order chi connectivity index (χ1) is 17.2. The number of carbonyl (C=O) groups is 2. The van der Waals surface area contributed by atoms with E-state index in [4.69, 9.17) is 4.74 Å². The standard InChI is InChI=1S/C27H26F3N3O3/c1-18-7-12-24(23(15-18)31-25(34)20-8-10-21(11-9-20)27(28,29)30)33-14-4-13-32(26(33)35)17-19-5-3-6-22(16-19)36-2/h3,5-12,15-16H,4,13-14,17H2,1-2H3,(H,31,34). The molecule has 3 aromatic rings. The molecule has 3 amide bonds. The van der Waals surface area contributed by atoms with Crippen LogP contribution in [-0.2, 0) is 12.7 Å². The highest BCUT2D eigenvalue weighted by Gasteiger charge is 2.31. The summed E-state index contributed by atoms with van der Waals surface area (Å²) in [6.07, 6.45) is -3.75. The largest absolute Gasteiger partial charge is 0.497 e. The highest BCUT2D eigenvalue weighted by atomic mass is 19.4. The third-order valence-electron chi connectivity index (χ3n) is 5.98. The SMILES string of the molecule is COc1cccc(CN2CCCN(c3ccc(C)cc3NC(=O)c3ccc(C(F)(F)F)cc3)C2=O)c1. The molecule has 188 valence electrons. The minimum Gasteiger partial charge on any atom is -0.497 e. The van der Waals surface area contributed by atoms with E-state index in [0.29, 0.717) is 36.8 Å². The summed E-state index contributed by atoms with van der Waals surface area (Å²) in [5.41, 5.74) is 1.99. The molecule has 0 unspecified atom stereocenters. The van der Waals surface area contributed by atoms with E-state index in [1.807, 2.05) is 37.3 Å². The zero-order valence-corrected chi connectivity index (χ0v) is 19.9. The van der Waals surface area contributed by atoms with Gasteiger partial charge in [0.25, 0.3) is 5.91 Å². The molecule has 4 rings (SSSR count). The van der Waals surface area contributed by atoms with Gasteiger partial charge in [-0.25, -0.2) is 4.79 Å². The van der Waals surface area contributed by atoms with Gasteiger partial charge in [-0.1, -0.05) is 18.2 Å². The van der Waals surface area contributed by atoms with Crippen molar-refractivity contribution in [2.24, 2.45) is 0 Å². The fourth-order valence-electron chi connectivity index (χ4n) is 4.13. The highest BCUT2D eigenvalue weighted by molar-refractivity contribution is 6.07. The molecule has 0 aromatic heterocycles. The number of alkyl halides is 3. The first-order valence-corrected chi connectivity index (χ1v) is 11.4. The maximum absolute atomic E-state index is 13.4. The molecule has 1 aliphatic rings. The average molecular weight is 498 g/mol. The van der Waals surface area contributed by atoms with Crippen molar-refractivity contribution in [1.82, 2.24) is 4.90 Å². The monoisotopic (exact) mass is 497 g/mol. The number of nitrogens with zero attached hydrogens (tertiary/aromatic N) is 2. The minimum absolute atomic E-state index is 0.0834. The lowest BCUT2D eigenvalue weighted by atomic mass is 10.1. The number of urea groups is 1. The normalized spacial score (nSPS) is 14.1. The lowest BCUT2D eigenvalue weighted by molar-refractivity contribution is -0.137. The Morgan fingerprint density at radius 2 is 1.78 bits per heavy atom. The average Bonchev–Trinajstić information content (AvgIpc) is 2.85. The van der Waals surface area contributed by atoms with Gasteiger partial charge in [0.05, 0.1) is 24.0 Å². The zero-order valence-electron chi connectivity index (χ0n) is 19.9. The summed E-state index contributed by atoms with van der Waals surface area (Å²) in [5.74, 6) is 0.147. The summed E-state index contributed by atoms with van der Waals surface area (Å²) < 4.78 is 43.9. The van der Waals surface area contributed by atoms with Crippen molar-refractivity contribution < 1.29 is 27.5 Å². The molecule has 1 N–H and O–H groups in total. The zero-order chi connectivity index (χ0) is 25.9. The molecule has 0 radical (unpaired) electrons. The summed E-state index contributed by atoms with van der Waals surface area (Å²) in [6, 6.07) is 16.7. The first-order valence-electron chi connectivity index (χ1n) is 11.4. The van der Waals surface area contributed by atoms with Gasteiger partial charge < -0.3 is 15.0 Å². The van der Waals surface area contributed by atoms with Gasteiger partial charge in [-0.2, -0.15) is 13.2 Å². The van der Waals surface area contributed by atoms with E-state index < -0.39 is 17.6 Å². The number of hydrogen-bond donors (Lipinski definition) is 1. The number of aryl methyl sites for hydroxylation is 1. The van der Waals surface area contributed by atoms with Crippen molar-refractivity contribution in [3.63, 3.8) is 0 Å². The summed E-state index contributed by atoms with van der Waals surface area (Å²) in [6.45, 7) is 3.32. The quantitative estimate of drug-likeness (QED) is 0.447. The topological polar surface area (TPSA) is 61.9 Å². The number of carbonyl (C=O) groups excluding carboxylic acids is 2. The Labute approximate surface area is 207 Å². The van der Waals surface area contributed by atoms with Gasteiger partial charge in [-0.15, -0.1) is 0 Å². The van der Waals surface area contributed by atoms with E-state index >= 15 is 0 Å². The summed E-state index contributed by atoms with van der Waals surface area (Å²) in [5, 5.41) is 2.77. The second kappa shape index (κ2) is 10.3. The van der Waals surface area contributed by atoms with Gasteiger partial charge in [0.2, 0.25) is 0 Å². The van der Waals surface area contributed by atoms with Crippen molar-refractivity contribution in [1.29, 1.82) is 0 Å². The van der Waals surface area contributed by atoms with Crippen LogP contribution in [0.3, 0.4) is 0 Å². The van der Waals surface area contributed by atoms with Crippen LogP contribution in [0.4, 0.5) is 29.3 Å². The third-order valence-corrected chi connectivity index (χ3v) is 5.98. The van der Waals surface area contributed by atoms with Gasteiger partial charge >= 0.3 is 12.2 Å². The Hall–Kier alpha value is -4.01. The van der Waals surface area contributed by atoms with E-state index in [1.165, 1.54) is 0 Å². The smallest absolute Gasteiger partial charge is 0.416 e. The molecule has 1 fully saturated rings. The third kappa shape index (κ3) is 5.62. The molecule has 0 saturated carbocycles. The van der Waals surface area contributed by atoms with Gasteiger partial charge in [0.15, 0.2) is 0 Å². The van der Waals surface area contributed by atoms with Crippen LogP contribution in [0.1, 0.15) is 33.5 Å². The molecule has 6 nitrogen and oxygen atoms in total. The van der Waals surface area contributed by atoms with Crippen LogP contribution in [0.15, 0.2) is 66.7 Å². The fraction of sp³-hybridized carbons (Fsp3) is 0.259. The van der Waals surface area contributed by atoms with Crippen LogP contribution in [0.2, 0.25) is 0 Å². The van der Waals surface area contributed by atoms with Crippen molar-refractivity contribution in [2.45, 2.75) is 26.1 Å². The predicted molar refractivity (Wildman–Crippen MR) is 131 cm³/mol. The highest BCUT2D eigenvalue weighted by Crippen LogP contribution is 2.32. The Bertz CT molecular complexity index is 1260. The van der Waals surface area contributed by atoms with Crippen LogP contribution >= 0.6 is 0 Å². The Balaban J connectivity index is 1.55. The molecule has 36 heavy (non-hydrogen) atoms. The van der Waals surface area contributed by atoms with Crippen molar-refractivity contribution in [2.75, 3.05) is 30.4 Å². The van der Waals surface area contributed by atoms with Gasteiger partial charge in [-0.05, 0) is 73.0 Å². The maximum atomic E-state index is 13.4. The van der Waals surface area contributed by atoms with E-state index in [-0.39, 0.29) is 11.6 Å².